The van der Waals surface area contributed by atoms with Crippen LogP contribution in [0.3, 0.4) is 0 Å². The molecule has 0 aliphatic heterocycles. The number of benzene rings is 4. The Morgan fingerprint density at radius 3 is 1.79 bits per heavy atom. The van der Waals surface area contributed by atoms with Gasteiger partial charge in [-0.05, 0) is 42.0 Å². The highest BCUT2D eigenvalue weighted by atomic mass is 19.3. The third-order valence-electron chi connectivity index (χ3n) is 5.52. The van der Waals surface area contributed by atoms with Crippen LogP contribution in [0.15, 0.2) is 67.3 Å². The van der Waals surface area contributed by atoms with Crippen LogP contribution in [0.25, 0.3) is 11.1 Å². The maximum Gasteiger partial charge on any atom is 0.432 e. The molecule has 4 aromatic carbocycles. The Morgan fingerprint density at radius 2 is 1.24 bits per heavy atom. The number of hydrogen-bond acceptors (Lipinski definition) is 2. The molecule has 0 radical (unpaired) electrons. The van der Waals surface area contributed by atoms with E-state index < -0.39 is 80.6 Å². The molecule has 0 fully saturated rings. The van der Waals surface area contributed by atoms with Gasteiger partial charge in [0.2, 0.25) is 0 Å². The van der Waals surface area contributed by atoms with E-state index in [-0.39, 0.29) is 42.2 Å². The fraction of sp³-hybridized carbons (Fsp3) is 0.0667. The first-order chi connectivity index (χ1) is 19.8. The minimum atomic E-state index is -4.83. The van der Waals surface area contributed by atoms with Crippen molar-refractivity contribution in [2.75, 3.05) is 6.61 Å². The lowest BCUT2D eigenvalue weighted by Gasteiger charge is -2.20. The van der Waals surface area contributed by atoms with E-state index in [9.17, 15) is 43.9 Å². The molecule has 0 N–H and O–H groups in total. The number of alkyl halides is 2. The van der Waals surface area contributed by atoms with Gasteiger partial charge >= 0.3 is 6.11 Å². The second kappa shape index (κ2) is 11.9. The van der Waals surface area contributed by atoms with Gasteiger partial charge in [-0.25, -0.2) is 35.1 Å². The molecule has 0 spiro atoms. The summed E-state index contributed by atoms with van der Waals surface area (Å²) >= 11 is 0. The molecule has 0 unspecified atom stereocenters. The quantitative estimate of drug-likeness (QED) is 0.0922. The highest BCUT2D eigenvalue weighted by molar-refractivity contribution is 5.66. The Morgan fingerprint density at radius 1 is 0.667 bits per heavy atom. The topological polar surface area (TPSA) is 18.5 Å². The van der Waals surface area contributed by atoms with Crippen molar-refractivity contribution in [2.24, 2.45) is 0 Å². The van der Waals surface area contributed by atoms with Gasteiger partial charge in [-0.1, -0.05) is 24.5 Å². The van der Waals surface area contributed by atoms with Crippen LogP contribution in [0.5, 0.6) is 11.5 Å². The summed E-state index contributed by atoms with van der Waals surface area (Å²) in [4.78, 5) is 0. The van der Waals surface area contributed by atoms with Crippen molar-refractivity contribution in [3.63, 3.8) is 0 Å². The fourth-order valence-corrected chi connectivity index (χ4v) is 3.69. The predicted octanol–water partition coefficient (Wildman–Crippen LogP) is 8.56. The molecular weight excluding hydrogens is 582 g/mol. The van der Waals surface area contributed by atoms with E-state index in [2.05, 4.69) is 23.2 Å². The number of hydrogen-bond donors (Lipinski definition) is 0. The minimum Gasteiger partial charge on any atom is -0.489 e. The van der Waals surface area contributed by atoms with Gasteiger partial charge in [0.05, 0.1) is 11.1 Å². The van der Waals surface area contributed by atoms with Crippen LogP contribution in [0.2, 0.25) is 0 Å². The fourth-order valence-electron chi connectivity index (χ4n) is 3.69. The molecule has 0 amide bonds. The highest BCUT2D eigenvalue weighted by Gasteiger charge is 2.41. The third-order valence-corrected chi connectivity index (χ3v) is 5.52. The van der Waals surface area contributed by atoms with Gasteiger partial charge in [0.25, 0.3) is 0 Å². The molecule has 0 aliphatic carbocycles. The van der Waals surface area contributed by atoms with Gasteiger partial charge in [-0.2, -0.15) is 8.78 Å². The van der Waals surface area contributed by atoms with Crippen molar-refractivity contribution in [1.82, 2.24) is 0 Å². The molecule has 0 saturated heterocycles. The minimum absolute atomic E-state index is 0.108. The first-order valence-corrected chi connectivity index (χ1v) is 11.6. The predicted molar refractivity (Wildman–Crippen MR) is 131 cm³/mol. The van der Waals surface area contributed by atoms with Crippen molar-refractivity contribution in [2.45, 2.75) is 6.11 Å². The molecule has 0 bridgehead atoms. The van der Waals surface area contributed by atoms with Gasteiger partial charge in [0.15, 0.2) is 17.5 Å². The van der Waals surface area contributed by atoms with Crippen molar-refractivity contribution < 1.29 is 53.4 Å². The second-order valence-electron chi connectivity index (χ2n) is 8.44. The summed E-state index contributed by atoms with van der Waals surface area (Å²) in [5.41, 5.74) is -4.51. The molecule has 4 rings (SSSR count). The van der Waals surface area contributed by atoms with Crippen molar-refractivity contribution in [1.29, 1.82) is 0 Å². The molecule has 216 valence electrons. The molecular formula is C30H14F10O2. The Hall–Kier alpha value is -4.92. The monoisotopic (exact) mass is 596 g/mol. The molecule has 0 aromatic heterocycles. The van der Waals surface area contributed by atoms with Crippen molar-refractivity contribution in [3.8, 4) is 34.5 Å². The van der Waals surface area contributed by atoms with Crippen LogP contribution in [0.1, 0.15) is 16.7 Å². The third kappa shape index (κ3) is 6.35. The summed E-state index contributed by atoms with van der Waals surface area (Å²) < 4.78 is 152. The lowest BCUT2D eigenvalue weighted by Crippen LogP contribution is -2.25. The first kappa shape index (κ1) is 30.0. The van der Waals surface area contributed by atoms with E-state index in [0.29, 0.717) is 12.1 Å². The highest BCUT2D eigenvalue weighted by Crippen LogP contribution is 2.38. The SMILES string of the molecule is C=CCOc1ccc(C#Cc2cc(F)c(C(F)(F)Oc3cc(F)c(-c4cc(F)c(F)c(F)c4)c(F)c3)c(F)c2)c(F)c1. The van der Waals surface area contributed by atoms with Crippen LogP contribution in [0.4, 0.5) is 43.9 Å². The zero-order chi connectivity index (χ0) is 30.8. The number of rotatable bonds is 7. The Labute approximate surface area is 231 Å². The van der Waals surface area contributed by atoms with Crippen LogP contribution in [-0.4, -0.2) is 6.61 Å². The molecule has 2 nitrogen and oxygen atoms in total. The summed E-state index contributed by atoms with van der Waals surface area (Å²) in [7, 11) is 0. The average molecular weight is 596 g/mol. The van der Waals surface area contributed by atoms with Crippen LogP contribution < -0.4 is 9.47 Å². The van der Waals surface area contributed by atoms with Crippen molar-refractivity contribution >= 4 is 0 Å². The first-order valence-electron chi connectivity index (χ1n) is 11.6. The lowest BCUT2D eigenvalue weighted by molar-refractivity contribution is -0.189. The van der Waals surface area contributed by atoms with E-state index in [1.807, 2.05) is 0 Å². The number of ether oxygens (including phenoxy) is 2. The maximum absolute atomic E-state index is 14.8. The van der Waals surface area contributed by atoms with E-state index in [1.165, 1.54) is 18.2 Å². The molecule has 0 saturated carbocycles. The molecule has 0 atom stereocenters. The van der Waals surface area contributed by atoms with Gasteiger partial charge < -0.3 is 9.47 Å². The van der Waals surface area contributed by atoms with Crippen LogP contribution in [-0.2, 0) is 6.11 Å². The Bertz CT molecular complexity index is 1690. The standard InChI is InChI=1S/C30H14F10O2/c1-2-7-41-18-6-5-16(20(31)12-18)4-3-15-8-23(34)28(24(35)9-15)30(39,40)42-19-13-21(32)27(22(33)14-19)17-10-25(36)29(38)26(37)11-17/h2,5-6,8-14H,1,7H2. The maximum atomic E-state index is 14.8. The molecule has 12 heteroatoms. The Balaban J connectivity index is 1.60. The zero-order valence-corrected chi connectivity index (χ0v) is 20.8. The number of halogens is 10. The van der Waals surface area contributed by atoms with Crippen molar-refractivity contribution in [3.05, 3.63) is 130 Å². The van der Waals surface area contributed by atoms with Gasteiger partial charge in [0, 0.05) is 23.8 Å². The van der Waals surface area contributed by atoms with Crippen LogP contribution >= 0.6 is 0 Å². The normalized spacial score (nSPS) is 11.1. The largest absolute Gasteiger partial charge is 0.489 e. The molecule has 4 aromatic rings. The molecule has 0 aliphatic rings. The van der Waals surface area contributed by atoms with Gasteiger partial charge in [-0.15, -0.1) is 0 Å². The Kier molecular flexibility index (Phi) is 8.51. The van der Waals surface area contributed by atoms with Crippen LogP contribution in [0, 0.1) is 58.4 Å². The van der Waals surface area contributed by atoms with E-state index in [4.69, 9.17) is 4.74 Å². The summed E-state index contributed by atoms with van der Waals surface area (Å²) in [6.07, 6.45) is -3.40. The van der Waals surface area contributed by atoms with E-state index >= 15 is 0 Å². The molecule has 0 heterocycles. The summed E-state index contributed by atoms with van der Waals surface area (Å²) in [6, 6.07) is 5.29. The summed E-state index contributed by atoms with van der Waals surface area (Å²) in [5, 5.41) is 0. The zero-order valence-electron chi connectivity index (χ0n) is 20.8. The van der Waals surface area contributed by atoms with E-state index in [0.717, 1.165) is 6.07 Å². The lowest BCUT2D eigenvalue weighted by atomic mass is 10.0. The smallest absolute Gasteiger partial charge is 0.432 e. The molecule has 42 heavy (non-hydrogen) atoms. The average Bonchev–Trinajstić information content (AvgIpc) is 2.88. The van der Waals surface area contributed by atoms with E-state index in [1.54, 1.807) is 0 Å². The van der Waals surface area contributed by atoms with Gasteiger partial charge in [-0.3, -0.25) is 0 Å². The second-order valence-corrected chi connectivity index (χ2v) is 8.44. The van der Waals surface area contributed by atoms with Gasteiger partial charge in [0.1, 0.15) is 52.8 Å². The summed E-state index contributed by atoms with van der Waals surface area (Å²) in [6.45, 7) is 3.55. The summed E-state index contributed by atoms with van der Waals surface area (Å²) in [5.74, 6) is -9.86.